The molecule has 4 heteroatoms. The Balaban J connectivity index is 2.04. The molecule has 0 saturated carbocycles. The average Bonchev–Trinajstić information content (AvgIpc) is 2.92. The van der Waals surface area contributed by atoms with E-state index in [-0.39, 0.29) is 12.4 Å². The van der Waals surface area contributed by atoms with E-state index in [0.29, 0.717) is 17.1 Å². The van der Waals surface area contributed by atoms with Gasteiger partial charge in [-0.3, -0.25) is 0 Å². The van der Waals surface area contributed by atoms with Gasteiger partial charge in [0.2, 0.25) is 6.79 Å². The number of hydrogen-bond acceptors (Lipinski definition) is 3. The third-order valence-corrected chi connectivity index (χ3v) is 3.27. The molecule has 0 bridgehead atoms. The van der Waals surface area contributed by atoms with Crippen LogP contribution in [0, 0.1) is 6.92 Å². The summed E-state index contributed by atoms with van der Waals surface area (Å²) in [5.41, 5.74) is 2.75. The van der Waals surface area contributed by atoms with Gasteiger partial charge in [-0.2, -0.15) is 0 Å². The fourth-order valence-corrected chi connectivity index (χ4v) is 2.26. The molecule has 0 unspecified atom stereocenters. The predicted octanol–water partition coefficient (Wildman–Crippen LogP) is 3.35. The van der Waals surface area contributed by atoms with Crippen molar-refractivity contribution in [3.05, 3.63) is 59.2 Å². The molecule has 1 aliphatic heterocycles. The van der Waals surface area contributed by atoms with Crippen molar-refractivity contribution in [1.82, 2.24) is 0 Å². The lowest BCUT2D eigenvalue weighted by atomic mass is 10.0. The second-order valence-corrected chi connectivity index (χ2v) is 4.85. The van der Waals surface area contributed by atoms with Crippen molar-refractivity contribution in [1.29, 1.82) is 0 Å². The summed E-state index contributed by atoms with van der Waals surface area (Å²) in [5.74, 6) is 0.235. The van der Waals surface area contributed by atoms with Crippen LogP contribution in [0.4, 0.5) is 0 Å². The topological polar surface area (TPSA) is 55.8 Å². The number of aryl methyl sites for hydroxylation is 1. The lowest BCUT2D eigenvalue weighted by molar-refractivity contribution is -0.130. The van der Waals surface area contributed by atoms with Gasteiger partial charge in [0.1, 0.15) is 0 Å². The Hall–Kier alpha value is -2.75. The molecule has 1 N–H and O–H groups in total. The third-order valence-electron chi connectivity index (χ3n) is 3.27. The van der Waals surface area contributed by atoms with Crippen LogP contribution in [0.1, 0.15) is 16.7 Å². The molecule has 0 fully saturated rings. The zero-order chi connectivity index (χ0) is 14.8. The molecule has 0 atom stereocenters. The summed E-state index contributed by atoms with van der Waals surface area (Å²) in [7, 11) is 0. The molecule has 1 aliphatic rings. The van der Waals surface area contributed by atoms with E-state index < -0.39 is 5.97 Å². The van der Waals surface area contributed by atoms with Crippen LogP contribution in [0.3, 0.4) is 0 Å². The summed E-state index contributed by atoms with van der Waals surface area (Å²) in [5, 5.41) is 9.47. The van der Waals surface area contributed by atoms with Crippen LogP contribution in [0.25, 0.3) is 11.6 Å². The number of rotatable bonds is 3. The van der Waals surface area contributed by atoms with E-state index in [1.54, 1.807) is 24.3 Å². The van der Waals surface area contributed by atoms with E-state index in [1.807, 2.05) is 31.2 Å². The molecule has 21 heavy (non-hydrogen) atoms. The number of carboxylic acid groups (broad SMARTS) is 1. The quantitative estimate of drug-likeness (QED) is 0.693. The molecular weight excluding hydrogens is 268 g/mol. The van der Waals surface area contributed by atoms with Crippen molar-refractivity contribution >= 4 is 17.6 Å². The average molecular weight is 282 g/mol. The highest BCUT2D eigenvalue weighted by molar-refractivity contribution is 6.20. The van der Waals surface area contributed by atoms with Crippen LogP contribution < -0.4 is 9.47 Å². The van der Waals surface area contributed by atoms with Gasteiger partial charge in [0.15, 0.2) is 11.5 Å². The Bertz CT molecular complexity index is 731. The Morgan fingerprint density at radius 1 is 1.14 bits per heavy atom. The summed E-state index contributed by atoms with van der Waals surface area (Å²) in [6.07, 6.45) is 1.66. The lowest BCUT2D eigenvalue weighted by Crippen LogP contribution is -1.99. The maximum atomic E-state index is 11.5. The van der Waals surface area contributed by atoms with Crippen molar-refractivity contribution < 1.29 is 19.4 Å². The van der Waals surface area contributed by atoms with Crippen molar-refractivity contribution in [2.45, 2.75) is 6.92 Å². The highest BCUT2D eigenvalue weighted by atomic mass is 16.7. The molecule has 106 valence electrons. The maximum absolute atomic E-state index is 11.5. The Morgan fingerprint density at radius 2 is 1.95 bits per heavy atom. The summed E-state index contributed by atoms with van der Waals surface area (Å²) in [6, 6.07) is 12.8. The standard InChI is InChI=1S/C17H14O4/c1-11-3-2-4-12(7-11)8-14(17(18)19)13-5-6-15-16(9-13)21-10-20-15/h2-9H,10H2,1H3,(H,18,19)/b14-8+. The fraction of sp³-hybridized carbons (Fsp3) is 0.118. The third kappa shape index (κ3) is 2.74. The van der Waals surface area contributed by atoms with E-state index in [0.717, 1.165) is 11.1 Å². The Kier molecular flexibility index (Phi) is 3.36. The number of benzene rings is 2. The second-order valence-electron chi connectivity index (χ2n) is 4.85. The first-order chi connectivity index (χ1) is 10.1. The molecule has 0 spiro atoms. The first kappa shape index (κ1) is 13.2. The van der Waals surface area contributed by atoms with Gasteiger partial charge in [-0.25, -0.2) is 4.79 Å². The SMILES string of the molecule is Cc1cccc(/C=C(/C(=O)O)c2ccc3c(c2)OCO3)c1. The molecule has 4 nitrogen and oxygen atoms in total. The van der Waals surface area contributed by atoms with Crippen LogP contribution in [0.15, 0.2) is 42.5 Å². The molecule has 2 aromatic carbocycles. The molecule has 0 amide bonds. The zero-order valence-corrected chi connectivity index (χ0v) is 11.5. The number of ether oxygens (including phenoxy) is 2. The number of hydrogen-bond donors (Lipinski definition) is 1. The Morgan fingerprint density at radius 3 is 2.71 bits per heavy atom. The van der Waals surface area contributed by atoms with Crippen LogP contribution in [0.2, 0.25) is 0 Å². The van der Waals surface area contributed by atoms with Crippen LogP contribution >= 0.6 is 0 Å². The molecule has 0 saturated heterocycles. The number of carboxylic acids is 1. The van der Waals surface area contributed by atoms with Gasteiger partial charge in [-0.05, 0) is 36.3 Å². The molecule has 0 aliphatic carbocycles. The van der Waals surface area contributed by atoms with Gasteiger partial charge >= 0.3 is 5.97 Å². The molecule has 3 rings (SSSR count). The van der Waals surface area contributed by atoms with E-state index >= 15 is 0 Å². The van der Waals surface area contributed by atoms with Crippen LogP contribution in [0.5, 0.6) is 11.5 Å². The summed E-state index contributed by atoms with van der Waals surface area (Å²) in [4.78, 5) is 11.5. The summed E-state index contributed by atoms with van der Waals surface area (Å²) < 4.78 is 10.5. The smallest absolute Gasteiger partial charge is 0.336 e. The van der Waals surface area contributed by atoms with Crippen molar-refractivity contribution in [2.24, 2.45) is 0 Å². The number of fused-ring (bicyclic) bond motifs is 1. The van der Waals surface area contributed by atoms with Gasteiger partial charge < -0.3 is 14.6 Å². The first-order valence-electron chi connectivity index (χ1n) is 6.55. The van der Waals surface area contributed by atoms with E-state index in [1.165, 1.54) is 0 Å². The molecule has 0 aromatic heterocycles. The normalized spacial score (nSPS) is 13.3. The maximum Gasteiger partial charge on any atom is 0.336 e. The highest BCUT2D eigenvalue weighted by Crippen LogP contribution is 2.35. The number of aliphatic carboxylic acids is 1. The van der Waals surface area contributed by atoms with E-state index in [2.05, 4.69) is 0 Å². The number of carbonyl (C=O) groups is 1. The van der Waals surface area contributed by atoms with Crippen LogP contribution in [-0.4, -0.2) is 17.9 Å². The van der Waals surface area contributed by atoms with Crippen molar-refractivity contribution in [2.75, 3.05) is 6.79 Å². The van der Waals surface area contributed by atoms with Gasteiger partial charge in [0, 0.05) is 0 Å². The van der Waals surface area contributed by atoms with Gasteiger partial charge in [0.05, 0.1) is 5.57 Å². The molecule has 1 heterocycles. The highest BCUT2D eigenvalue weighted by Gasteiger charge is 2.17. The monoisotopic (exact) mass is 282 g/mol. The molecule has 2 aromatic rings. The van der Waals surface area contributed by atoms with Gasteiger partial charge in [-0.15, -0.1) is 0 Å². The van der Waals surface area contributed by atoms with Crippen molar-refractivity contribution in [3.8, 4) is 11.5 Å². The molecular formula is C17H14O4. The summed E-state index contributed by atoms with van der Waals surface area (Å²) >= 11 is 0. The van der Waals surface area contributed by atoms with Crippen LogP contribution in [-0.2, 0) is 4.79 Å². The Labute approximate surface area is 122 Å². The first-order valence-corrected chi connectivity index (χ1v) is 6.55. The molecule has 0 radical (unpaired) electrons. The largest absolute Gasteiger partial charge is 0.478 e. The fourth-order valence-electron chi connectivity index (χ4n) is 2.26. The minimum absolute atomic E-state index is 0.169. The minimum atomic E-state index is -0.977. The predicted molar refractivity (Wildman–Crippen MR) is 79.3 cm³/mol. The zero-order valence-electron chi connectivity index (χ0n) is 11.5. The lowest BCUT2D eigenvalue weighted by Gasteiger charge is -2.05. The van der Waals surface area contributed by atoms with Gasteiger partial charge in [-0.1, -0.05) is 35.9 Å². The van der Waals surface area contributed by atoms with E-state index in [4.69, 9.17) is 9.47 Å². The second kappa shape index (κ2) is 5.32. The minimum Gasteiger partial charge on any atom is -0.478 e. The summed E-state index contributed by atoms with van der Waals surface area (Å²) in [6.45, 7) is 2.14. The van der Waals surface area contributed by atoms with Crippen molar-refractivity contribution in [3.63, 3.8) is 0 Å². The van der Waals surface area contributed by atoms with Gasteiger partial charge in [0.25, 0.3) is 0 Å². The van der Waals surface area contributed by atoms with E-state index in [9.17, 15) is 9.90 Å².